The summed E-state index contributed by atoms with van der Waals surface area (Å²) in [5, 5.41) is 3.49. The summed E-state index contributed by atoms with van der Waals surface area (Å²) in [5.74, 6) is -0.932. The molecule has 0 N–H and O–H groups in total. The largest absolute Gasteiger partial charge is 0.383 e. The molecule has 192 valence electrons. The second-order valence-corrected chi connectivity index (χ2v) is 10.1. The van der Waals surface area contributed by atoms with Crippen LogP contribution in [0.2, 0.25) is 0 Å². The van der Waals surface area contributed by atoms with Gasteiger partial charge in [0.15, 0.2) is 0 Å². The number of ether oxygens (including phenoxy) is 1. The number of pyridine rings is 1. The van der Waals surface area contributed by atoms with Crippen LogP contribution in [-0.4, -0.2) is 69.0 Å². The van der Waals surface area contributed by atoms with Crippen molar-refractivity contribution in [3.63, 3.8) is 0 Å². The lowest BCUT2D eigenvalue weighted by Gasteiger charge is -2.32. The molecule has 0 radical (unpaired) electrons. The monoisotopic (exact) mass is 501 g/mol. The van der Waals surface area contributed by atoms with Gasteiger partial charge in [0.05, 0.1) is 18.8 Å². The van der Waals surface area contributed by atoms with Gasteiger partial charge in [-0.3, -0.25) is 19.3 Å². The first-order valence-electron chi connectivity index (χ1n) is 13.0. The van der Waals surface area contributed by atoms with Gasteiger partial charge in [0.25, 0.3) is 5.91 Å². The number of hydrogen-bond acceptors (Lipinski definition) is 6. The molecule has 0 atom stereocenters. The first-order valence-corrected chi connectivity index (χ1v) is 13.0. The topological polar surface area (TPSA) is 88.0 Å². The molecule has 0 unspecified atom stereocenters. The number of carbonyl (C=O) groups is 3. The highest BCUT2D eigenvalue weighted by Gasteiger charge is 2.39. The van der Waals surface area contributed by atoms with Crippen molar-refractivity contribution in [2.24, 2.45) is 0 Å². The number of hydrazine groups is 1. The second-order valence-electron chi connectivity index (χ2n) is 10.1. The van der Waals surface area contributed by atoms with Crippen LogP contribution in [-0.2, 0) is 34.0 Å². The van der Waals surface area contributed by atoms with E-state index in [1.165, 1.54) is 23.4 Å². The predicted octanol–water partition coefficient (Wildman–Crippen LogP) is 3.36. The number of imide groups is 1. The molecule has 9 heteroatoms. The fourth-order valence-electron chi connectivity index (χ4n) is 5.70. The predicted molar refractivity (Wildman–Crippen MR) is 137 cm³/mol. The summed E-state index contributed by atoms with van der Waals surface area (Å²) in [7, 11) is 1.70. The number of fused-ring (bicyclic) bond motifs is 2. The maximum atomic E-state index is 13.1. The summed E-state index contributed by atoms with van der Waals surface area (Å²) >= 11 is 0. The third-order valence-corrected chi connectivity index (χ3v) is 7.63. The smallest absolute Gasteiger partial charge is 0.273 e. The Bertz CT molecular complexity index is 1370. The number of aromatic nitrogens is 2. The van der Waals surface area contributed by atoms with Crippen LogP contribution in [0.5, 0.6) is 0 Å². The highest BCUT2D eigenvalue weighted by molar-refractivity contribution is 6.04. The fourth-order valence-corrected chi connectivity index (χ4v) is 5.70. The third-order valence-electron chi connectivity index (χ3n) is 7.63. The van der Waals surface area contributed by atoms with Crippen LogP contribution in [0.1, 0.15) is 53.6 Å². The second kappa shape index (κ2) is 9.72. The number of likely N-dealkylation sites (tertiary alicyclic amines) is 1. The van der Waals surface area contributed by atoms with E-state index in [4.69, 9.17) is 9.72 Å². The van der Waals surface area contributed by atoms with Gasteiger partial charge in [-0.15, -0.1) is 0 Å². The number of nitrogens with zero attached hydrogens (tertiary/aromatic N) is 5. The minimum absolute atomic E-state index is 0.201. The Morgan fingerprint density at radius 2 is 1.76 bits per heavy atom. The van der Waals surface area contributed by atoms with Crippen molar-refractivity contribution < 1.29 is 19.1 Å². The lowest BCUT2D eigenvalue weighted by molar-refractivity contribution is -0.163. The van der Waals surface area contributed by atoms with Gasteiger partial charge < -0.3 is 9.30 Å². The molecular weight excluding hydrogens is 470 g/mol. The molecule has 2 aromatic heterocycles. The molecule has 0 bridgehead atoms. The van der Waals surface area contributed by atoms with E-state index < -0.39 is 0 Å². The molecule has 9 nitrogen and oxygen atoms in total. The highest BCUT2D eigenvalue weighted by atomic mass is 16.5. The SMILES string of the molecule is COCCn1ccc2c(CN3CCCC3)cc(-c3ccc4c(c3)CN(N3C(=O)CCCC3=O)C4=O)nc21. The number of rotatable bonds is 7. The van der Waals surface area contributed by atoms with E-state index in [0.29, 0.717) is 25.1 Å². The van der Waals surface area contributed by atoms with Gasteiger partial charge in [0.2, 0.25) is 11.8 Å². The Morgan fingerprint density at radius 1 is 0.973 bits per heavy atom. The van der Waals surface area contributed by atoms with Gasteiger partial charge in [-0.05, 0) is 67.7 Å². The molecule has 0 saturated carbocycles. The molecule has 3 aromatic rings. The normalized spacial score (nSPS) is 18.5. The zero-order valence-electron chi connectivity index (χ0n) is 21.1. The van der Waals surface area contributed by atoms with Crippen LogP contribution in [0.3, 0.4) is 0 Å². The molecule has 2 fully saturated rings. The summed E-state index contributed by atoms with van der Waals surface area (Å²) in [4.78, 5) is 45.5. The van der Waals surface area contributed by atoms with Gasteiger partial charge in [-0.25, -0.2) is 9.99 Å². The van der Waals surface area contributed by atoms with Gasteiger partial charge in [0, 0.05) is 55.8 Å². The average molecular weight is 502 g/mol. The van der Waals surface area contributed by atoms with Crippen molar-refractivity contribution in [1.82, 2.24) is 24.5 Å². The molecular formula is C28H31N5O4. The molecule has 0 spiro atoms. The van der Waals surface area contributed by atoms with E-state index in [-0.39, 0.29) is 37.1 Å². The molecule has 6 rings (SSSR count). The van der Waals surface area contributed by atoms with Gasteiger partial charge in [0.1, 0.15) is 5.65 Å². The van der Waals surface area contributed by atoms with Crippen molar-refractivity contribution in [1.29, 1.82) is 0 Å². The summed E-state index contributed by atoms with van der Waals surface area (Å²) in [6, 6.07) is 9.98. The van der Waals surface area contributed by atoms with Crippen molar-refractivity contribution in [2.45, 2.75) is 51.7 Å². The quantitative estimate of drug-likeness (QED) is 0.462. The van der Waals surface area contributed by atoms with Crippen molar-refractivity contribution in [3.8, 4) is 11.3 Å². The Balaban J connectivity index is 1.36. The Kier molecular flexibility index (Phi) is 6.26. The van der Waals surface area contributed by atoms with E-state index >= 15 is 0 Å². The van der Waals surface area contributed by atoms with Crippen molar-refractivity contribution in [3.05, 3.63) is 53.2 Å². The number of amides is 3. The summed E-state index contributed by atoms with van der Waals surface area (Å²) < 4.78 is 7.43. The fraction of sp³-hybridized carbons (Fsp3) is 0.429. The van der Waals surface area contributed by atoms with Gasteiger partial charge in [-0.2, -0.15) is 5.01 Å². The summed E-state index contributed by atoms with van der Waals surface area (Å²) in [5.41, 5.74) is 5.24. The van der Waals surface area contributed by atoms with Gasteiger partial charge >= 0.3 is 0 Å². The first kappa shape index (κ1) is 23.8. The molecule has 3 aliphatic heterocycles. The van der Waals surface area contributed by atoms with E-state index in [1.54, 1.807) is 13.2 Å². The standard InChI is InChI=1S/C28H31N5O4/c1-37-14-13-31-12-9-22-21(17-30-10-2-3-11-30)16-24(29-27(22)31)19-7-8-23-20(15-19)18-32(28(23)36)33-25(34)5-4-6-26(33)35/h7-9,12,15-16H,2-6,10-11,13-14,17-18H2,1H3. The molecule has 5 heterocycles. The van der Waals surface area contributed by atoms with E-state index in [9.17, 15) is 14.4 Å². The minimum Gasteiger partial charge on any atom is -0.383 e. The molecule has 2 saturated heterocycles. The molecule has 3 amide bonds. The van der Waals surface area contributed by atoms with Crippen LogP contribution in [0.4, 0.5) is 0 Å². The number of hydrogen-bond donors (Lipinski definition) is 0. The molecule has 3 aliphatic rings. The molecule has 0 aliphatic carbocycles. The third kappa shape index (κ3) is 4.32. The zero-order chi connectivity index (χ0) is 25.5. The maximum absolute atomic E-state index is 13.1. The maximum Gasteiger partial charge on any atom is 0.273 e. The van der Waals surface area contributed by atoms with Crippen LogP contribution in [0.25, 0.3) is 22.3 Å². The van der Waals surface area contributed by atoms with Crippen LogP contribution < -0.4 is 0 Å². The van der Waals surface area contributed by atoms with Crippen LogP contribution in [0, 0.1) is 0 Å². The average Bonchev–Trinajstić information content (AvgIpc) is 3.62. The zero-order valence-corrected chi connectivity index (χ0v) is 21.1. The van der Waals surface area contributed by atoms with Crippen LogP contribution >= 0.6 is 0 Å². The molecule has 37 heavy (non-hydrogen) atoms. The lowest BCUT2D eigenvalue weighted by atomic mass is 10.0. The first-order chi connectivity index (χ1) is 18.0. The van der Waals surface area contributed by atoms with Gasteiger partial charge in [-0.1, -0.05) is 6.07 Å². The van der Waals surface area contributed by atoms with Crippen LogP contribution in [0.15, 0.2) is 36.5 Å². The Hall–Kier alpha value is -3.56. The summed E-state index contributed by atoms with van der Waals surface area (Å²) in [6.45, 7) is 4.60. The molecule has 1 aromatic carbocycles. The van der Waals surface area contributed by atoms with Crippen molar-refractivity contribution >= 4 is 28.8 Å². The highest BCUT2D eigenvalue weighted by Crippen LogP contribution is 2.33. The summed E-state index contributed by atoms with van der Waals surface area (Å²) in [6.07, 6.45) is 5.63. The lowest BCUT2D eigenvalue weighted by Crippen LogP contribution is -2.51. The Labute approximate surface area is 215 Å². The number of carbonyl (C=O) groups excluding carboxylic acids is 3. The number of piperidine rings is 1. The van der Waals surface area contributed by atoms with Crippen molar-refractivity contribution in [2.75, 3.05) is 26.8 Å². The minimum atomic E-state index is -0.312. The van der Waals surface area contributed by atoms with E-state index in [1.807, 2.05) is 12.1 Å². The Morgan fingerprint density at radius 3 is 2.51 bits per heavy atom. The van der Waals surface area contributed by atoms with E-state index in [2.05, 4.69) is 27.8 Å². The number of methoxy groups -OCH3 is 1. The number of benzene rings is 1. The van der Waals surface area contributed by atoms with E-state index in [0.717, 1.165) is 52.5 Å².